The van der Waals surface area contributed by atoms with Crippen LogP contribution in [0.5, 0.6) is 0 Å². The Morgan fingerprint density at radius 3 is 2.95 bits per heavy atom. The van der Waals surface area contributed by atoms with Crippen LogP contribution in [0.4, 0.5) is 0 Å². The van der Waals surface area contributed by atoms with E-state index in [2.05, 4.69) is 9.55 Å². The molecule has 0 bridgehead atoms. The number of aryl methyl sites for hydroxylation is 1. The van der Waals surface area contributed by atoms with Gasteiger partial charge < -0.3 is 9.67 Å². The molecule has 1 aliphatic rings. The molecule has 1 saturated carbocycles. The van der Waals surface area contributed by atoms with Crippen molar-refractivity contribution in [3.05, 3.63) is 23.2 Å². The zero-order chi connectivity index (χ0) is 14.8. The first kappa shape index (κ1) is 14.7. The van der Waals surface area contributed by atoms with Crippen molar-refractivity contribution in [2.45, 2.75) is 37.4 Å². The van der Waals surface area contributed by atoms with Gasteiger partial charge in [-0.3, -0.25) is 4.79 Å². The van der Waals surface area contributed by atoms with Crippen molar-refractivity contribution in [1.29, 1.82) is 0 Å². The Balaban J connectivity index is 1.89. The van der Waals surface area contributed by atoms with Crippen molar-refractivity contribution in [1.82, 2.24) is 9.55 Å². The molecule has 112 valence electrons. The van der Waals surface area contributed by atoms with Gasteiger partial charge in [0.05, 0.1) is 16.3 Å². The molecule has 1 aliphatic carbocycles. The van der Waals surface area contributed by atoms with Crippen molar-refractivity contribution in [3.63, 3.8) is 0 Å². The number of para-hydroxylation sites is 1. The van der Waals surface area contributed by atoms with Crippen LogP contribution in [0, 0.1) is 5.92 Å². The number of hydrogen-bond acceptors (Lipinski definition) is 3. The van der Waals surface area contributed by atoms with Crippen molar-refractivity contribution in [2.24, 2.45) is 5.92 Å². The van der Waals surface area contributed by atoms with E-state index in [0.717, 1.165) is 35.1 Å². The van der Waals surface area contributed by atoms with Crippen LogP contribution in [0.1, 0.15) is 25.7 Å². The third kappa shape index (κ3) is 3.19. The molecule has 0 spiro atoms. The molecule has 6 heteroatoms. The highest BCUT2D eigenvalue weighted by atomic mass is 35.5. The molecule has 0 radical (unpaired) electrons. The molecule has 1 aromatic heterocycles. The summed E-state index contributed by atoms with van der Waals surface area (Å²) in [5.41, 5.74) is 1.76. The molecule has 1 fully saturated rings. The summed E-state index contributed by atoms with van der Waals surface area (Å²) in [4.78, 5) is 15.3. The minimum absolute atomic E-state index is 0.0182. The van der Waals surface area contributed by atoms with E-state index in [4.69, 9.17) is 16.7 Å². The highest BCUT2D eigenvalue weighted by molar-refractivity contribution is 7.99. The molecular weight excluding hydrogens is 308 g/mol. The lowest BCUT2D eigenvalue weighted by atomic mass is 9.83. The van der Waals surface area contributed by atoms with Gasteiger partial charge in [0.1, 0.15) is 5.52 Å². The molecule has 0 unspecified atom stereocenters. The van der Waals surface area contributed by atoms with Gasteiger partial charge in [-0.1, -0.05) is 48.7 Å². The lowest BCUT2D eigenvalue weighted by Crippen LogP contribution is -2.14. The first-order valence-corrected chi connectivity index (χ1v) is 8.51. The maximum absolute atomic E-state index is 10.8. The highest BCUT2D eigenvalue weighted by Gasteiger charge is 2.19. The molecule has 2 aromatic rings. The molecule has 4 nitrogen and oxygen atoms in total. The lowest BCUT2D eigenvalue weighted by Gasteiger charge is -2.25. The number of rotatable bonds is 6. The molecule has 0 aliphatic heterocycles. The molecule has 21 heavy (non-hydrogen) atoms. The summed E-state index contributed by atoms with van der Waals surface area (Å²) >= 11 is 7.47. The van der Waals surface area contributed by atoms with Crippen LogP contribution in [0.15, 0.2) is 23.4 Å². The maximum atomic E-state index is 10.8. The van der Waals surface area contributed by atoms with E-state index in [-0.39, 0.29) is 5.75 Å². The van der Waals surface area contributed by atoms with Crippen molar-refractivity contribution in [3.8, 4) is 0 Å². The Labute approximate surface area is 132 Å². The zero-order valence-electron chi connectivity index (χ0n) is 11.6. The van der Waals surface area contributed by atoms with Crippen molar-refractivity contribution >= 4 is 40.4 Å². The Hall–Kier alpha value is -1.20. The van der Waals surface area contributed by atoms with E-state index in [0.29, 0.717) is 5.02 Å². The summed E-state index contributed by atoms with van der Waals surface area (Å²) in [6, 6.07) is 5.73. The van der Waals surface area contributed by atoms with Crippen LogP contribution >= 0.6 is 23.4 Å². The number of aromatic nitrogens is 2. The third-order valence-electron chi connectivity index (χ3n) is 4.01. The van der Waals surface area contributed by atoms with E-state index in [1.54, 1.807) is 0 Å². The average molecular weight is 325 g/mol. The molecule has 1 heterocycles. The fraction of sp³-hybridized carbons (Fsp3) is 0.467. The minimum atomic E-state index is -0.830. The number of halogens is 1. The standard InChI is InChI=1S/C15H17ClN2O2S/c16-11-5-2-6-12-14(11)17-15(21-9-13(19)20)18(12)8-7-10-3-1-4-10/h2,5-6,10H,1,3-4,7-9H2,(H,19,20). The summed E-state index contributed by atoms with van der Waals surface area (Å²) in [5.74, 6) is -0.00710. The Kier molecular flexibility index (Phi) is 4.40. The first-order valence-electron chi connectivity index (χ1n) is 7.14. The first-order chi connectivity index (χ1) is 10.1. The third-order valence-corrected chi connectivity index (χ3v) is 5.27. The largest absolute Gasteiger partial charge is 0.481 e. The number of fused-ring (bicyclic) bond motifs is 1. The number of hydrogen-bond donors (Lipinski definition) is 1. The predicted octanol–water partition coefficient (Wildman–Crippen LogP) is 4.06. The molecule has 0 atom stereocenters. The van der Waals surface area contributed by atoms with E-state index >= 15 is 0 Å². The van der Waals surface area contributed by atoms with Crippen molar-refractivity contribution < 1.29 is 9.90 Å². The predicted molar refractivity (Wildman–Crippen MR) is 85.1 cm³/mol. The molecule has 3 rings (SSSR count). The van der Waals surface area contributed by atoms with Gasteiger partial charge in [0.15, 0.2) is 5.16 Å². The SMILES string of the molecule is O=C(O)CSc1nc2c(Cl)cccc2n1CCC1CCC1. The van der Waals surface area contributed by atoms with Gasteiger partial charge >= 0.3 is 5.97 Å². The van der Waals surface area contributed by atoms with Gasteiger partial charge in [0.25, 0.3) is 0 Å². The molecular formula is C15H17ClN2O2S. The van der Waals surface area contributed by atoms with Gasteiger partial charge in [-0.2, -0.15) is 0 Å². The van der Waals surface area contributed by atoms with Crippen LogP contribution in [-0.4, -0.2) is 26.4 Å². The number of aliphatic carboxylic acids is 1. The smallest absolute Gasteiger partial charge is 0.313 e. The van der Waals surface area contributed by atoms with Crippen molar-refractivity contribution in [2.75, 3.05) is 5.75 Å². The topological polar surface area (TPSA) is 55.1 Å². The number of benzene rings is 1. The summed E-state index contributed by atoms with van der Waals surface area (Å²) in [5, 5.41) is 10.2. The van der Waals surface area contributed by atoms with Gasteiger partial charge in [-0.25, -0.2) is 4.98 Å². The van der Waals surface area contributed by atoms with Crippen LogP contribution < -0.4 is 0 Å². The molecule has 1 aromatic carbocycles. The van der Waals surface area contributed by atoms with Gasteiger partial charge in [0, 0.05) is 6.54 Å². The van der Waals surface area contributed by atoms with Crippen LogP contribution in [-0.2, 0) is 11.3 Å². The number of thioether (sulfide) groups is 1. The fourth-order valence-corrected chi connectivity index (χ4v) is 3.60. The summed E-state index contributed by atoms with van der Waals surface area (Å²) in [7, 11) is 0. The Morgan fingerprint density at radius 1 is 1.48 bits per heavy atom. The summed E-state index contributed by atoms with van der Waals surface area (Å²) in [6.45, 7) is 0.878. The van der Waals surface area contributed by atoms with E-state index < -0.39 is 5.97 Å². The van der Waals surface area contributed by atoms with Gasteiger partial charge in [-0.15, -0.1) is 0 Å². The van der Waals surface area contributed by atoms with Crippen LogP contribution in [0.2, 0.25) is 5.02 Å². The quantitative estimate of drug-likeness (QED) is 0.814. The Bertz CT molecular complexity index is 667. The summed E-state index contributed by atoms with van der Waals surface area (Å²) in [6.07, 6.45) is 5.08. The molecule has 0 saturated heterocycles. The normalized spacial score (nSPS) is 15.3. The zero-order valence-corrected chi connectivity index (χ0v) is 13.2. The second-order valence-corrected chi connectivity index (χ2v) is 6.77. The minimum Gasteiger partial charge on any atom is -0.481 e. The van der Waals surface area contributed by atoms with Gasteiger partial charge in [-0.05, 0) is 24.5 Å². The molecule has 0 amide bonds. The Morgan fingerprint density at radius 2 is 2.29 bits per heavy atom. The molecule has 1 N–H and O–H groups in total. The van der Waals surface area contributed by atoms with E-state index in [1.165, 1.54) is 31.0 Å². The second-order valence-electron chi connectivity index (χ2n) is 5.42. The van der Waals surface area contributed by atoms with Gasteiger partial charge in [0.2, 0.25) is 0 Å². The fourth-order valence-electron chi connectivity index (χ4n) is 2.64. The monoisotopic (exact) mass is 324 g/mol. The van der Waals surface area contributed by atoms with E-state index in [1.807, 2.05) is 18.2 Å². The van der Waals surface area contributed by atoms with Crippen LogP contribution in [0.3, 0.4) is 0 Å². The highest BCUT2D eigenvalue weighted by Crippen LogP contribution is 2.33. The maximum Gasteiger partial charge on any atom is 0.313 e. The lowest BCUT2D eigenvalue weighted by molar-refractivity contribution is -0.133. The number of carbonyl (C=O) groups is 1. The number of imidazole rings is 1. The number of nitrogens with zero attached hydrogens (tertiary/aromatic N) is 2. The number of carboxylic acids is 1. The van der Waals surface area contributed by atoms with Crippen LogP contribution in [0.25, 0.3) is 11.0 Å². The summed E-state index contributed by atoms with van der Waals surface area (Å²) < 4.78 is 2.12. The number of carboxylic acid groups (broad SMARTS) is 1. The average Bonchev–Trinajstić information content (AvgIpc) is 2.74. The second kappa shape index (κ2) is 6.28. The van der Waals surface area contributed by atoms with E-state index in [9.17, 15) is 4.79 Å².